The van der Waals surface area contributed by atoms with Gasteiger partial charge in [0.25, 0.3) is 5.91 Å². The summed E-state index contributed by atoms with van der Waals surface area (Å²) in [4.78, 5) is 22.6. The number of piperazine rings is 1. The maximum atomic E-state index is 13.6. The lowest BCUT2D eigenvalue weighted by Crippen LogP contribution is -2.48. The van der Waals surface area contributed by atoms with E-state index in [1.165, 1.54) is 12.1 Å². The van der Waals surface area contributed by atoms with E-state index in [0.717, 1.165) is 53.9 Å². The Labute approximate surface area is 192 Å². The number of fused-ring (bicyclic) bond motifs is 1. The van der Waals surface area contributed by atoms with Crippen molar-refractivity contribution in [2.24, 2.45) is 0 Å². The van der Waals surface area contributed by atoms with Gasteiger partial charge >= 0.3 is 0 Å². The molecule has 1 saturated heterocycles. The molecule has 3 heterocycles. The van der Waals surface area contributed by atoms with Crippen LogP contribution in [0.5, 0.6) is 0 Å². The van der Waals surface area contributed by atoms with Crippen LogP contribution in [0.3, 0.4) is 0 Å². The molecule has 1 aliphatic heterocycles. The molecule has 0 saturated carbocycles. The van der Waals surface area contributed by atoms with Crippen LogP contribution in [0.1, 0.15) is 22.8 Å². The summed E-state index contributed by atoms with van der Waals surface area (Å²) in [5.74, 6) is -0.195. The molecule has 0 N–H and O–H groups in total. The van der Waals surface area contributed by atoms with Crippen molar-refractivity contribution >= 4 is 16.8 Å². The van der Waals surface area contributed by atoms with Gasteiger partial charge in [0, 0.05) is 56.4 Å². The SMILES string of the molecule is CCn1cc(-c2cc(C(=O)N3CCN(Cc4ccc(F)cc4)CC3)c3ccccc3n2)cn1. The highest BCUT2D eigenvalue weighted by atomic mass is 19.1. The Morgan fingerprint density at radius 1 is 1.03 bits per heavy atom. The van der Waals surface area contributed by atoms with Crippen molar-refractivity contribution in [2.75, 3.05) is 26.2 Å². The fourth-order valence-corrected chi connectivity index (χ4v) is 4.30. The van der Waals surface area contributed by atoms with Gasteiger partial charge in [-0.2, -0.15) is 5.10 Å². The Bertz CT molecular complexity index is 1280. The van der Waals surface area contributed by atoms with Crippen molar-refractivity contribution in [3.8, 4) is 11.3 Å². The number of hydrogen-bond donors (Lipinski definition) is 0. The number of carbonyl (C=O) groups excluding carboxylic acids is 1. The van der Waals surface area contributed by atoms with Gasteiger partial charge in [0.1, 0.15) is 5.82 Å². The van der Waals surface area contributed by atoms with Crippen LogP contribution in [0.4, 0.5) is 4.39 Å². The third-order valence-electron chi connectivity index (χ3n) is 6.18. The van der Waals surface area contributed by atoms with Crippen molar-refractivity contribution in [1.82, 2.24) is 24.6 Å². The standard InChI is InChI=1S/C26H26FN5O/c1-2-32-18-20(16-28-32)25-15-23(22-5-3-4-6-24(22)29-25)26(33)31-13-11-30(12-14-31)17-19-7-9-21(27)10-8-19/h3-10,15-16,18H,2,11-14,17H2,1H3. The van der Waals surface area contributed by atoms with Crippen LogP contribution in [0.25, 0.3) is 22.2 Å². The fraction of sp³-hybridized carbons (Fsp3) is 0.269. The zero-order chi connectivity index (χ0) is 22.8. The lowest BCUT2D eigenvalue weighted by Gasteiger charge is -2.35. The number of aromatic nitrogens is 3. The van der Waals surface area contributed by atoms with E-state index in [1.807, 2.05) is 65.2 Å². The highest BCUT2D eigenvalue weighted by Gasteiger charge is 2.24. The van der Waals surface area contributed by atoms with Crippen molar-refractivity contribution in [2.45, 2.75) is 20.0 Å². The molecule has 1 fully saturated rings. The molecule has 5 rings (SSSR count). The third-order valence-corrected chi connectivity index (χ3v) is 6.18. The molecule has 0 atom stereocenters. The number of benzene rings is 2. The maximum absolute atomic E-state index is 13.6. The summed E-state index contributed by atoms with van der Waals surface area (Å²) in [5, 5.41) is 5.22. The van der Waals surface area contributed by atoms with E-state index in [0.29, 0.717) is 18.7 Å². The number of aryl methyl sites for hydroxylation is 1. The molecule has 0 radical (unpaired) electrons. The molecular formula is C26H26FN5O. The van der Waals surface area contributed by atoms with Gasteiger partial charge in [-0.05, 0) is 36.8 Å². The van der Waals surface area contributed by atoms with Crippen LogP contribution >= 0.6 is 0 Å². The number of hydrogen-bond acceptors (Lipinski definition) is 4. The Balaban J connectivity index is 1.36. The molecule has 0 aliphatic carbocycles. The summed E-state index contributed by atoms with van der Waals surface area (Å²) in [6, 6.07) is 16.3. The number of rotatable bonds is 5. The van der Waals surface area contributed by atoms with Crippen LogP contribution in [0.15, 0.2) is 67.0 Å². The molecule has 168 valence electrons. The number of nitrogens with zero attached hydrogens (tertiary/aromatic N) is 5. The van der Waals surface area contributed by atoms with Crippen LogP contribution < -0.4 is 0 Å². The van der Waals surface area contributed by atoms with E-state index in [-0.39, 0.29) is 11.7 Å². The first-order chi connectivity index (χ1) is 16.1. The van der Waals surface area contributed by atoms with Crippen molar-refractivity contribution in [1.29, 1.82) is 0 Å². The molecule has 1 aliphatic rings. The molecule has 2 aromatic carbocycles. The number of halogens is 1. The fourth-order valence-electron chi connectivity index (χ4n) is 4.30. The minimum absolute atomic E-state index is 0.0270. The molecule has 1 amide bonds. The topological polar surface area (TPSA) is 54.3 Å². The summed E-state index contributed by atoms with van der Waals surface area (Å²) in [6.07, 6.45) is 3.75. The first-order valence-corrected chi connectivity index (χ1v) is 11.3. The molecule has 0 spiro atoms. The zero-order valence-corrected chi connectivity index (χ0v) is 18.6. The smallest absolute Gasteiger partial charge is 0.254 e. The van der Waals surface area contributed by atoms with E-state index >= 15 is 0 Å². The second-order valence-corrected chi connectivity index (χ2v) is 8.35. The maximum Gasteiger partial charge on any atom is 0.254 e. The predicted octanol–water partition coefficient (Wildman–Crippen LogP) is 4.22. The summed E-state index contributed by atoms with van der Waals surface area (Å²) in [7, 11) is 0. The summed E-state index contributed by atoms with van der Waals surface area (Å²) in [5.41, 5.74) is 4.21. The van der Waals surface area contributed by atoms with Crippen molar-refractivity contribution in [3.63, 3.8) is 0 Å². The van der Waals surface area contributed by atoms with Gasteiger partial charge in [-0.15, -0.1) is 0 Å². The van der Waals surface area contributed by atoms with Gasteiger partial charge in [-0.1, -0.05) is 30.3 Å². The number of para-hydroxylation sites is 1. The molecule has 2 aromatic heterocycles. The van der Waals surface area contributed by atoms with E-state index in [4.69, 9.17) is 4.98 Å². The lowest BCUT2D eigenvalue weighted by molar-refractivity contribution is 0.0630. The molecule has 7 heteroatoms. The van der Waals surface area contributed by atoms with Crippen LogP contribution in [0.2, 0.25) is 0 Å². The molecule has 4 aromatic rings. The quantitative estimate of drug-likeness (QED) is 0.464. The summed E-state index contributed by atoms with van der Waals surface area (Å²) < 4.78 is 15.0. The van der Waals surface area contributed by atoms with Crippen LogP contribution in [0, 0.1) is 5.82 Å². The van der Waals surface area contributed by atoms with Gasteiger partial charge < -0.3 is 4.90 Å². The van der Waals surface area contributed by atoms with Gasteiger partial charge in [-0.25, -0.2) is 9.37 Å². The first kappa shape index (κ1) is 21.3. The molecule has 33 heavy (non-hydrogen) atoms. The highest BCUT2D eigenvalue weighted by molar-refractivity contribution is 6.07. The van der Waals surface area contributed by atoms with Gasteiger partial charge in [-0.3, -0.25) is 14.4 Å². The Kier molecular flexibility index (Phi) is 5.88. The minimum atomic E-state index is -0.222. The van der Waals surface area contributed by atoms with Gasteiger partial charge in [0.2, 0.25) is 0 Å². The normalized spacial score (nSPS) is 14.7. The second kappa shape index (κ2) is 9.11. The van der Waals surface area contributed by atoms with Gasteiger partial charge in [0.05, 0.1) is 23.0 Å². The average molecular weight is 444 g/mol. The predicted molar refractivity (Wildman–Crippen MR) is 126 cm³/mol. The highest BCUT2D eigenvalue weighted by Crippen LogP contribution is 2.26. The third kappa shape index (κ3) is 4.50. The largest absolute Gasteiger partial charge is 0.336 e. The van der Waals surface area contributed by atoms with Crippen molar-refractivity contribution < 1.29 is 9.18 Å². The first-order valence-electron chi connectivity index (χ1n) is 11.3. The Hall–Kier alpha value is -3.58. The summed E-state index contributed by atoms with van der Waals surface area (Å²) >= 11 is 0. The van der Waals surface area contributed by atoms with E-state index in [2.05, 4.69) is 10.00 Å². The monoisotopic (exact) mass is 443 g/mol. The van der Waals surface area contributed by atoms with Crippen LogP contribution in [-0.2, 0) is 13.1 Å². The van der Waals surface area contributed by atoms with Gasteiger partial charge in [0.15, 0.2) is 0 Å². The van der Waals surface area contributed by atoms with E-state index in [9.17, 15) is 9.18 Å². The number of carbonyl (C=O) groups is 1. The second-order valence-electron chi connectivity index (χ2n) is 8.35. The Morgan fingerprint density at radius 3 is 2.52 bits per heavy atom. The Morgan fingerprint density at radius 2 is 1.79 bits per heavy atom. The van der Waals surface area contributed by atoms with E-state index in [1.54, 1.807) is 6.20 Å². The number of pyridine rings is 1. The molecular weight excluding hydrogens is 417 g/mol. The number of amides is 1. The van der Waals surface area contributed by atoms with E-state index < -0.39 is 0 Å². The van der Waals surface area contributed by atoms with Crippen molar-refractivity contribution in [3.05, 3.63) is 83.9 Å². The average Bonchev–Trinajstić information content (AvgIpc) is 3.34. The molecule has 0 unspecified atom stereocenters. The molecule has 6 nitrogen and oxygen atoms in total. The zero-order valence-electron chi connectivity index (χ0n) is 18.6. The molecule has 0 bridgehead atoms. The van der Waals surface area contributed by atoms with Crippen LogP contribution in [-0.4, -0.2) is 56.7 Å². The lowest BCUT2D eigenvalue weighted by atomic mass is 10.0. The summed E-state index contributed by atoms with van der Waals surface area (Å²) in [6.45, 7) is 6.44. The minimum Gasteiger partial charge on any atom is -0.336 e.